The normalized spacial score (nSPS) is 15.8. The number of amides is 1. The highest BCUT2D eigenvalue weighted by atomic mass is 19.1. The number of aromatic amines is 1. The molecule has 180 valence electrons. The van der Waals surface area contributed by atoms with Gasteiger partial charge in [-0.1, -0.05) is 12.1 Å². The molecule has 1 fully saturated rings. The van der Waals surface area contributed by atoms with E-state index in [-0.39, 0.29) is 17.6 Å². The van der Waals surface area contributed by atoms with Gasteiger partial charge in [0.25, 0.3) is 5.91 Å². The summed E-state index contributed by atoms with van der Waals surface area (Å²) in [7, 11) is 0. The Hall–Kier alpha value is -3.94. The molecule has 0 bridgehead atoms. The molecule has 1 unspecified atom stereocenters. The second-order valence-electron chi connectivity index (χ2n) is 8.69. The van der Waals surface area contributed by atoms with E-state index in [0.717, 1.165) is 29.7 Å². The zero-order valence-corrected chi connectivity index (χ0v) is 19.5. The maximum absolute atomic E-state index is 13.5. The summed E-state index contributed by atoms with van der Waals surface area (Å²) in [5, 5.41) is 7.22. The van der Waals surface area contributed by atoms with Crippen LogP contribution in [0.15, 0.2) is 65.2 Å². The van der Waals surface area contributed by atoms with Gasteiger partial charge in [-0.15, -0.1) is 0 Å². The third-order valence-corrected chi connectivity index (χ3v) is 6.17. The molecule has 1 aliphatic heterocycles. The van der Waals surface area contributed by atoms with Crippen molar-refractivity contribution in [3.63, 3.8) is 0 Å². The molecule has 1 amide bonds. The summed E-state index contributed by atoms with van der Waals surface area (Å²) >= 11 is 0. The molecule has 1 aliphatic rings. The Bertz CT molecular complexity index is 1300. The number of H-pyrrole nitrogens is 1. The van der Waals surface area contributed by atoms with Crippen molar-refractivity contribution >= 4 is 5.91 Å². The molecule has 1 atom stereocenters. The number of hydrogen-bond acceptors (Lipinski definition) is 5. The maximum atomic E-state index is 13.5. The van der Waals surface area contributed by atoms with E-state index in [9.17, 15) is 9.18 Å². The van der Waals surface area contributed by atoms with Gasteiger partial charge >= 0.3 is 0 Å². The van der Waals surface area contributed by atoms with Crippen molar-refractivity contribution < 1.29 is 18.3 Å². The van der Waals surface area contributed by atoms with Crippen LogP contribution >= 0.6 is 0 Å². The molecular weight excluding hydrogens is 447 g/mol. The van der Waals surface area contributed by atoms with Gasteiger partial charge in [-0.05, 0) is 67.8 Å². The number of ether oxygens (including phenoxy) is 1. The molecule has 1 saturated heterocycles. The van der Waals surface area contributed by atoms with Crippen molar-refractivity contribution in [1.29, 1.82) is 0 Å². The largest absolute Gasteiger partial charge is 0.494 e. The van der Waals surface area contributed by atoms with E-state index >= 15 is 0 Å². The summed E-state index contributed by atoms with van der Waals surface area (Å²) in [6.45, 7) is 3.75. The highest BCUT2D eigenvalue weighted by Crippen LogP contribution is 2.29. The molecule has 0 spiro atoms. The van der Waals surface area contributed by atoms with Gasteiger partial charge in [0.15, 0.2) is 5.89 Å². The number of likely N-dealkylation sites (tertiary alicyclic amines) is 1. The number of oxazole rings is 1. The van der Waals surface area contributed by atoms with Crippen molar-refractivity contribution in [1.82, 2.24) is 20.1 Å². The summed E-state index contributed by atoms with van der Waals surface area (Å²) < 4.78 is 24.9. The molecule has 0 aliphatic carbocycles. The number of hydrogen-bond donors (Lipinski definition) is 1. The van der Waals surface area contributed by atoms with E-state index in [2.05, 4.69) is 15.2 Å². The number of nitrogens with one attached hydrogen (secondary N) is 1. The molecule has 35 heavy (non-hydrogen) atoms. The zero-order chi connectivity index (χ0) is 24.2. The summed E-state index contributed by atoms with van der Waals surface area (Å²) in [6, 6.07) is 15.9. The van der Waals surface area contributed by atoms with Crippen molar-refractivity contribution in [2.45, 2.75) is 32.1 Å². The Kier molecular flexibility index (Phi) is 6.61. The van der Waals surface area contributed by atoms with E-state index in [1.54, 1.807) is 18.3 Å². The molecule has 1 N–H and O–H groups in total. The first-order chi connectivity index (χ1) is 17.1. The fourth-order valence-corrected chi connectivity index (χ4v) is 4.44. The second kappa shape index (κ2) is 10.1. The fourth-order valence-electron chi connectivity index (χ4n) is 4.44. The molecule has 4 aromatic rings. The Balaban J connectivity index is 1.24. The van der Waals surface area contributed by atoms with E-state index < -0.39 is 0 Å². The summed E-state index contributed by atoms with van der Waals surface area (Å²) in [6.07, 6.45) is 3.92. The summed E-state index contributed by atoms with van der Waals surface area (Å²) in [5.74, 6) is 1.76. The van der Waals surface area contributed by atoms with Gasteiger partial charge in [0, 0.05) is 25.1 Å². The molecule has 3 heterocycles. The molecule has 7 nitrogen and oxygen atoms in total. The van der Waals surface area contributed by atoms with Crippen LogP contribution in [-0.4, -0.2) is 45.7 Å². The number of carbonyl (C=O) groups excluding carboxylic acids is 1. The standard InChI is InChI=1S/C27H27FN4O3/c1-2-34-22-10-8-19(9-11-22)24-15-25(31-30-24)27(33)32-12-4-6-20(17-32)26-29-16-23(35-26)14-18-5-3-7-21(28)13-18/h3,5,7-11,13,15-16,20H,2,4,6,12,14,17H2,1H3,(H,30,31). The third-order valence-electron chi connectivity index (χ3n) is 6.17. The minimum Gasteiger partial charge on any atom is -0.494 e. The monoisotopic (exact) mass is 474 g/mol. The van der Waals surface area contributed by atoms with Crippen LogP contribution in [0.3, 0.4) is 0 Å². The molecule has 0 radical (unpaired) electrons. The quantitative estimate of drug-likeness (QED) is 0.397. The van der Waals surface area contributed by atoms with Crippen LogP contribution in [0.5, 0.6) is 5.75 Å². The lowest BCUT2D eigenvalue weighted by molar-refractivity contribution is 0.0692. The number of carbonyl (C=O) groups is 1. The summed E-state index contributed by atoms with van der Waals surface area (Å²) in [5.41, 5.74) is 2.90. The van der Waals surface area contributed by atoms with Crippen molar-refractivity contribution in [3.05, 3.63) is 89.5 Å². The van der Waals surface area contributed by atoms with Gasteiger partial charge in [-0.2, -0.15) is 5.10 Å². The first-order valence-corrected chi connectivity index (χ1v) is 11.9. The Morgan fingerprint density at radius 1 is 1.23 bits per heavy atom. The SMILES string of the molecule is CCOc1ccc(-c2cc(C(=O)N3CCCC(c4ncc(Cc5cccc(F)c5)o4)C3)[nH]n2)cc1. The number of aromatic nitrogens is 3. The minimum absolute atomic E-state index is 0.0162. The number of halogens is 1. The highest BCUT2D eigenvalue weighted by molar-refractivity contribution is 5.93. The number of nitrogens with zero attached hydrogens (tertiary/aromatic N) is 3. The number of benzene rings is 2. The Labute approximate surface area is 202 Å². The van der Waals surface area contributed by atoms with Crippen LogP contribution in [-0.2, 0) is 6.42 Å². The van der Waals surface area contributed by atoms with Crippen molar-refractivity contribution in [2.24, 2.45) is 0 Å². The average Bonchev–Trinajstić information content (AvgIpc) is 3.55. The Morgan fingerprint density at radius 2 is 2.09 bits per heavy atom. The molecule has 5 rings (SSSR count). The first kappa shape index (κ1) is 22.8. The molecule has 8 heteroatoms. The Morgan fingerprint density at radius 3 is 2.89 bits per heavy atom. The third kappa shape index (κ3) is 5.26. The van der Waals surface area contributed by atoms with Gasteiger partial charge in [-0.3, -0.25) is 9.89 Å². The van der Waals surface area contributed by atoms with E-state index in [1.165, 1.54) is 12.1 Å². The zero-order valence-electron chi connectivity index (χ0n) is 19.5. The lowest BCUT2D eigenvalue weighted by atomic mass is 9.97. The van der Waals surface area contributed by atoms with E-state index in [0.29, 0.717) is 49.2 Å². The molecular formula is C27H27FN4O3. The van der Waals surface area contributed by atoms with Crippen LogP contribution in [0.25, 0.3) is 11.3 Å². The van der Waals surface area contributed by atoms with Gasteiger partial charge in [0.1, 0.15) is 23.0 Å². The number of rotatable bonds is 7. The van der Waals surface area contributed by atoms with Crippen LogP contribution in [0.2, 0.25) is 0 Å². The number of piperidine rings is 1. The van der Waals surface area contributed by atoms with E-state index in [1.807, 2.05) is 42.2 Å². The van der Waals surface area contributed by atoms with Crippen LogP contribution in [0.4, 0.5) is 4.39 Å². The predicted octanol–water partition coefficient (Wildman–Crippen LogP) is 5.21. The van der Waals surface area contributed by atoms with Gasteiger partial charge in [0.05, 0.1) is 24.4 Å². The molecule has 2 aromatic carbocycles. The lowest BCUT2D eigenvalue weighted by Crippen LogP contribution is -2.39. The molecule has 0 saturated carbocycles. The van der Waals surface area contributed by atoms with Crippen molar-refractivity contribution in [2.75, 3.05) is 19.7 Å². The molecule has 2 aromatic heterocycles. The second-order valence-corrected chi connectivity index (χ2v) is 8.69. The topological polar surface area (TPSA) is 84.2 Å². The minimum atomic E-state index is -0.270. The van der Waals surface area contributed by atoms with Crippen molar-refractivity contribution in [3.8, 4) is 17.0 Å². The lowest BCUT2D eigenvalue weighted by Gasteiger charge is -2.30. The van der Waals surface area contributed by atoms with E-state index in [4.69, 9.17) is 9.15 Å². The van der Waals surface area contributed by atoms with Gasteiger partial charge in [-0.25, -0.2) is 9.37 Å². The van der Waals surface area contributed by atoms with Crippen LogP contribution < -0.4 is 4.74 Å². The average molecular weight is 475 g/mol. The van der Waals surface area contributed by atoms with Crippen LogP contribution in [0.1, 0.15) is 53.4 Å². The maximum Gasteiger partial charge on any atom is 0.271 e. The summed E-state index contributed by atoms with van der Waals surface area (Å²) in [4.78, 5) is 19.5. The smallest absolute Gasteiger partial charge is 0.271 e. The predicted molar refractivity (Wildman–Crippen MR) is 129 cm³/mol. The first-order valence-electron chi connectivity index (χ1n) is 11.9. The fraction of sp³-hybridized carbons (Fsp3) is 0.296. The van der Waals surface area contributed by atoms with Gasteiger partial charge < -0.3 is 14.1 Å². The highest BCUT2D eigenvalue weighted by Gasteiger charge is 2.29. The van der Waals surface area contributed by atoms with Crippen LogP contribution in [0, 0.1) is 5.82 Å². The van der Waals surface area contributed by atoms with Gasteiger partial charge in [0.2, 0.25) is 0 Å².